The highest BCUT2D eigenvalue weighted by atomic mass is 32.1. The van der Waals surface area contributed by atoms with Gasteiger partial charge in [0.05, 0.1) is 21.3 Å². The minimum Gasteiger partial charge on any atom is -0.493 e. The van der Waals surface area contributed by atoms with Crippen LogP contribution < -0.4 is 14.2 Å². The van der Waals surface area contributed by atoms with Crippen LogP contribution >= 0.6 is 11.3 Å². The van der Waals surface area contributed by atoms with Crippen molar-refractivity contribution >= 4 is 21.4 Å². The molecule has 0 saturated carbocycles. The van der Waals surface area contributed by atoms with Gasteiger partial charge in [-0.3, -0.25) is 0 Å². The van der Waals surface area contributed by atoms with Crippen molar-refractivity contribution in [1.82, 2.24) is 0 Å². The van der Waals surface area contributed by atoms with E-state index in [-0.39, 0.29) is 0 Å². The zero-order valence-electron chi connectivity index (χ0n) is 20.5. The van der Waals surface area contributed by atoms with Crippen LogP contribution in [0.5, 0.6) is 17.2 Å². The Bertz CT molecular complexity index is 1120. The lowest BCUT2D eigenvalue weighted by atomic mass is 9.85. The lowest BCUT2D eigenvalue weighted by Crippen LogP contribution is -2.26. The second-order valence-corrected chi connectivity index (χ2v) is 9.31. The van der Waals surface area contributed by atoms with Crippen molar-refractivity contribution in [3.05, 3.63) is 89.4 Å². The van der Waals surface area contributed by atoms with Crippen LogP contribution in [0.3, 0.4) is 0 Å². The van der Waals surface area contributed by atoms with Gasteiger partial charge in [-0.15, -0.1) is 17.9 Å². The van der Waals surface area contributed by atoms with E-state index in [1.54, 1.807) is 32.7 Å². The molecule has 4 nitrogen and oxygen atoms in total. The molecule has 0 amide bonds. The summed E-state index contributed by atoms with van der Waals surface area (Å²) in [6.07, 6.45) is 11.4. The first-order valence-corrected chi connectivity index (χ1v) is 12.2. The van der Waals surface area contributed by atoms with E-state index in [9.17, 15) is 5.11 Å². The number of methoxy groups -OCH3 is 3. The molecule has 1 heterocycles. The van der Waals surface area contributed by atoms with Crippen molar-refractivity contribution in [3.8, 4) is 17.2 Å². The van der Waals surface area contributed by atoms with Crippen molar-refractivity contribution in [2.75, 3.05) is 21.3 Å². The number of benzene rings is 2. The summed E-state index contributed by atoms with van der Waals surface area (Å²) in [6, 6.07) is 14.0. The quantitative estimate of drug-likeness (QED) is 0.167. The Balaban J connectivity index is 2.03. The highest BCUT2D eigenvalue weighted by Gasteiger charge is 2.35. The fraction of sp³-hybridized carbons (Fsp3) is 0.310. The van der Waals surface area contributed by atoms with Crippen molar-refractivity contribution in [1.29, 1.82) is 0 Å². The lowest BCUT2D eigenvalue weighted by molar-refractivity contribution is 0.0746. The minimum absolute atomic E-state index is 0.508. The summed E-state index contributed by atoms with van der Waals surface area (Å²) in [5, 5.41) is 13.4. The van der Waals surface area contributed by atoms with Crippen molar-refractivity contribution in [2.45, 2.75) is 38.2 Å². The van der Waals surface area contributed by atoms with Crippen molar-refractivity contribution < 1.29 is 19.3 Å². The summed E-state index contributed by atoms with van der Waals surface area (Å²) in [5.74, 6) is 1.55. The number of hydrogen-bond acceptors (Lipinski definition) is 5. The number of ether oxygens (including phenoxy) is 3. The topological polar surface area (TPSA) is 47.9 Å². The van der Waals surface area contributed by atoms with Crippen molar-refractivity contribution in [3.63, 3.8) is 0 Å². The molecule has 0 aliphatic heterocycles. The predicted molar refractivity (Wildman–Crippen MR) is 142 cm³/mol. The molecule has 0 fully saturated rings. The predicted octanol–water partition coefficient (Wildman–Crippen LogP) is 7.41. The third kappa shape index (κ3) is 5.72. The molecule has 1 aromatic heterocycles. The average molecular weight is 479 g/mol. The van der Waals surface area contributed by atoms with E-state index < -0.39 is 5.60 Å². The number of unbranched alkanes of at least 4 members (excludes halogenated alkanes) is 1. The number of hydrogen-bond donors (Lipinski definition) is 1. The first-order valence-electron chi connectivity index (χ1n) is 11.4. The molecule has 180 valence electrons. The van der Waals surface area contributed by atoms with Gasteiger partial charge in [0.15, 0.2) is 11.5 Å². The highest BCUT2D eigenvalue weighted by molar-refractivity contribution is 7.19. The molecule has 1 unspecified atom stereocenters. The second kappa shape index (κ2) is 11.9. The standard InChI is InChI=1S/C29H34O4S/c1-6-7-8-9-10-13-21(2)16-17-29(30,27-18-22-14-11-12-15-26(22)34-27)23-19-24(31-3)28(33-5)25(20-23)32-4/h6,9-15,18-20,30H,1,7-8,16-17H2,2-5H3. The number of aliphatic hydroxyl groups is 1. The molecule has 0 bridgehead atoms. The smallest absolute Gasteiger partial charge is 0.203 e. The summed E-state index contributed by atoms with van der Waals surface area (Å²) < 4.78 is 17.8. The Hall–Kier alpha value is -3.02. The molecule has 0 aliphatic rings. The van der Waals surface area contributed by atoms with Crippen LogP contribution in [0.25, 0.3) is 10.1 Å². The zero-order valence-corrected chi connectivity index (χ0v) is 21.3. The van der Waals surface area contributed by atoms with Gasteiger partial charge in [-0.25, -0.2) is 0 Å². The van der Waals surface area contributed by atoms with Crippen LogP contribution in [0, 0.1) is 0 Å². The van der Waals surface area contributed by atoms with Gasteiger partial charge in [0, 0.05) is 9.58 Å². The molecule has 1 N–H and O–H groups in total. The number of thiophene rings is 1. The summed E-state index contributed by atoms with van der Waals surface area (Å²) in [6.45, 7) is 5.85. The van der Waals surface area contributed by atoms with Crippen LogP contribution in [-0.4, -0.2) is 26.4 Å². The van der Waals surface area contributed by atoms with E-state index in [0.717, 1.165) is 34.2 Å². The molecule has 0 aliphatic carbocycles. The third-order valence-corrected chi connectivity index (χ3v) is 7.18. The normalized spacial score (nSPS) is 13.7. The SMILES string of the molecule is C=CCCC=CC=C(C)CCC(O)(c1cc(OC)c(OC)c(OC)c1)c1cc2ccccc2s1. The van der Waals surface area contributed by atoms with E-state index in [0.29, 0.717) is 29.2 Å². The monoisotopic (exact) mass is 478 g/mol. The molecule has 0 spiro atoms. The van der Waals surface area contributed by atoms with Gasteiger partial charge in [0.2, 0.25) is 5.75 Å². The highest BCUT2D eigenvalue weighted by Crippen LogP contribution is 2.46. The Labute approximate surface area is 206 Å². The Morgan fingerprint density at radius 1 is 1.03 bits per heavy atom. The molecule has 0 radical (unpaired) electrons. The van der Waals surface area contributed by atoms with Crippen LogP contribution in [0.15, 0.2) is 78.9 Å². The van der Waals surface area contributed by atoms with Crippen LogP contribution in [0.1, 0.15) is 43.0 Å². The molecule has 5 heteroatoms. The summed E-state index contributed by atoms with van der Waals surface area (Å²) >= 11 is 1.61. The molecule has 2 aromatic carbocycles. The van der Waals surface area contributed by atoms with E-state index in [1.165, 1.54) is 5.57 Å². The minimum atomic E-state index is -1.22. The van der Waals surface area contributed by atoms with Crippen LogP contribution in [0.2, 0.25) is 0 Å². The zero-order chi connectivity index (χ0) is 24.6. The molecule has 34 heavy (non-hydrogen) atoms. The Morgan fingerprint density at radius 3 is 2.35 bits per heavy atom. The van der Waals surface area contributed by atoms with Crippen LogP contribution in [-0.2, 0) is 5.60 Å². The van der Waals surface area contributed by atoms with Gasteiger partial charge in [0.1, 0.15) is 5.60 Å². The fourth-order valence-corrected chi connectivity index (χ4v) is 5.12. The summed E-state index contributed by atoms with van der Waals surface area (Å²) in [7, 11) is 4.76. The Morgan fingerprint density at radius 2 is 1.74 bits per heavy atom. The van der Waals surface area contributed by atoms with Gasteiger partial charge in [-0.2, -0.15) is 0 Å². The van der Waals surface area contributed by atoms with E-state index >= 15 is 0 Å². The lowest BCUT2D eigenvalue weighted by Gasteiger charge is -2.29. The molecular weight excluding hydrogens is 444 g/mol. The van der Waals surface area contributed by atoms with Gasteiger partial charge >= 0.3 is 0 Å². The van der Waals surface area contributed by atoms with Crippen molar-refractivity contribution in [2.24, 2.45) is 0 Å². The van der Waals surface area contributed by atoms with E-state index in [4.69, 9.17) is 14.2 Å². The summed E-state index contributed by atoms with van der Waals surface area (Å²) in [4.78, 5) is 0.886. The van der Waals surface area contributed by atoms with E-state index in [2.05, 4.69) is 49.9 Å². The number of allylic oxidation sites excluding steroid dienone is 5. The fourth-order valence-electron chi connectivity index (χ4n) is 3.92. The van der Waals surface area contributed by atoms with E-state index in [1.807, 2.05) is 30.3 Å². The molecule has 0 saturated heterocycles. The van der Waals surface area contributed by atoms with Gasteiger partial charge < -0.3 is 19.3 Å². The molecular formula is C29H34O4S. The number of rotatable bonds is 12. The maximum Gasteiger partial charge on any atom is 0.203 e. The largest absolute Gasteiger partial charge is 0.493 e. The Kier molecular flexibility index (Phi) is 8.97. The molecule has 1 atom stereocenters. The summed E-state index contributed by atoms with van der Waals surface area (Å²) in [5.41, 5.74) is 0.683. The second-order valence-electron chi connectivity index (χ2n) is 8.23. The molecule has 3 rings (SSSR count). The third-order valence-electron chi connectivity index (χ3n) is 5.91. The van der Waals surface area contributed by atoms with Gasteiger partial charge in [-0.05, 0) is 67.8 Å². The molecule has 3 aromatic rings. The van der Waals surface area contributed by atoms with Gasteiger partial charge in [0.25, 0.3) is 0 Å². The van der Waals surface area contributed by atoms with Gasteiger partial charge in [-0.1, -0.05) is 48.1 Å². The maximum atomic E-state index is 12.3. The maximum absolute atomic E-state index is 12.3. The first-order chi connectivity index (χ1) is 16.5. The number of fused-ring (bicyclic) bond motifs is 1. The first kappa shape index (κ1) is 25.6. The van der Waals surface area contributed by atoms with Crippen LogP contribution in [0.4, 0.5) is 0 Å². The average Bonchev–Trinajstić information content (AvgIpc) is 3.31.